The highest BCUT2D eigenvalue weighted by Gasteiger charge is 2.26. The lowest BCUT2D eigenvalue weighted by Crippen LogP contribution is -2.41. The van der Waals surface area contributed by atoms with Gasteiger partial charge in [-0.25, -0.2) is 4.39 Å². The zero-order chi connectivity index (χ0) is 29.1. The summed E-state index contributed by atoms with van der Waals surface area (Å²) < 4.78 is 33.5. The lowest BCUT2D eigenvalue weighted by atomic mass is 9.94. The number of fused-ring (bicyclic) bond motifs is 1. The molecule has 0 saturated heterocycles. The van der Waals surface area contributed by atoms with Crippen LogP contribution in [-0.4, -0.2) is 34.9 Å². The summed E-state index contributed by atoms with van der Waals surface area (Å²) in [7, 11) is 4.79. The summed E-state index contributed by atoms with van der Waals surface area (Å²) in [6.07, 6.45) is 3.19. The highest BCUT2D eigenvalue weighted by Crippen LogP contribution is 2.38. The number of amides is 1. The number of carbonyl (C=O) groups excluding carboxylic acids is 1. The third kappa shape index (κ3) is 5.76. The molecule has 3 aromatic carbocycles. The number of benzene rings is 3. The first-order valence-electron chi connectivity index (χ1n) is 12.9. The molecule has 5 rings (SSSR count). The van der Waals surface area contributed by atoms with Crippen LogP contribution in [0.25, 0.3) is 10.9 Å². The van der Waals surface area contributed by atoms with E-state index in [1.807, 2.05) is 44.2 Å². The Morgan fingerprint density at radius 3 is 2.37 bits per heavy atom. The van der Waals surface area contributed by atoms with Crippen LogP contribution < -0.4 is 24.8 Å². The second kappa shape index (κ2) is 11.2. The lowest BCUT2D eigenvalue weighted by molar-refractivity contribution is 0.0913. The SMILES string of the molecule is COc1cc2nccc(Oc3ccc(Nc4nn(C)cc4C(=O)NC(C)(C)c4ccccc4)cc3F)c2cc1OC. The molecular formula is C31H30FN5O4. The van der Waals surface area contributed by atoms with E-state index >= 15 is 4.39 Å². The van der Waals surface area contributed by atoms with E-state index in [1.165, 1.54) is 23.9 Å². The summed E-state index contributed by atoms with van der Waals surface area (Å²) in [5, 5.41) is 11.1. The number of nitrogens with one attached hydrogen (secondary N) is 2. The van der Waals surface area contributed by atoms with Gasteiger partial charge in [-0.15, -0.1) is 0 Å². The zero-order valence-corrected chi connectivity index (χ0v) is 23.4. The molecule has 0 aliphatic rings. The number of aryl methyl sites for hydroxylation is 1. The van der Waals surface area contributed by atoms with E-state index in [-0.39, 0.29) is 11.7 Å². The number of carbonyl (C=O) groups is 1. The molecule has 9 nitrogen and oxygen atoms in total. The Morgan fingerprint density at radius 2 is 1.66 bits per heavy atom. The van der Waals surface area contributed by atoms with E-state index in [0.717, 1.165) is 5.56 Å². The molecule has 0 aliphatic heterocycles. The van der Waals surface area contributed by atoms with E-state index in [2.05, 4.69) is 20.7 Å². The molecule has 2 N–H and O–H groups in total. The third-order valence-corrected chi connectivity index (χ3v) is 6.62. The summed E-state index contributed by atoms with van der Waals surface area (Å²) in [5.74, 6) is 0.821. The fraction of sp³-hybridized carbons (Fsp3) is 0.194. The Bertz CT molecular complexity index is 1720. The molecule has 5 aromatic rings. The Morgan fingerprint density at radius 1 is 0.927 bits per heavy atom. The van der Waals surface area contributed by atoms with Crippen LogP contribution in [-0.2, 0) is 12.6 Å². The van der Waals surface area contributed by atoms with Gasteiger partial charge in [-0.2, -0.15) is 5.10 Å². The normalized spacial score (nSPS) is 11.3. The average molecular weight is 556 g/mol. The van der Waals surface area contributed by atoms with Gasteiger partial charge in [-0.1, -0.05) is 30.3 Å². The van der Waals surface area contributed by atoms with Crippen molar-refractivity contribution in [2.24, 2.45) is 7.05 Å². The van der Waals surface area contributed by atoms with Crippen LogP contribution in [0.4, 0.5) is 15.9 Å². The maximum absolute atomic E-state index is 15.2. The highest BCUT2D eigenvalue weighted by atomic mass is 19.1. The molecule has 0 bridgehead atoms. The van der Waals surface area contributed by atoms with Crippen molar-refractivity contribution in [2.45, 2.75) is 19.4 Å². The molecule has 210 valence electrons. The summed E-state index contributed by atoms with van der Waals surface area (Å²) in [5.41, 5.74) is 1.67. The fourth-order valence-corrected chi connectivity index (χ4v) is 4.48. The molecule has 1 amide bonds. The summed E-state index contributed by atoms with van der Waals surface area (Å²) in [6.45, 7) is 3.85. The van der Waals surface area contributed by atoms with Crippen LogP contribution in [0.3, 0.4) is 0 Å². The van der Waals surface area contributed by atoms with Crippen molar-refractivity contribution in [2.75, 3.05) is 19.5 Å². The van der Waals surface area contributed by atoms with Gasteiger partial charge in [-0.05, 0) is 43.7 Å². The highest BCUT2D eigenvalue weighted by molar-refractivity contribution is 5.99. The molecular weight excluding hydrogens is 525 g/mol. The smallest absolute Gasteiger partial charge is 0.257 e. The number of halogens is 1. The van der Waals surface area contributed by atoms with Gasteiger partial charge >= 0.3 is 0 Å². The molecule has 0 saturated carbocycles. The Labute approximate surface area is 236 Å². The van der Waals surface area contributed by atoms with Crippen molar-refractivity contribution in [3.63, 3.8) is 0 Å². The van der Waals surface area contributed by atoms with Crippen molar-refractivity contribution >= 4 is 28.3 Å². The van der Waals surface area contributed by atoms with E-state index in [1.54, 1.807) is 50.8 Å². The molecule has 0 spiro atoms. The standard InChI is InChI=1S/C31H30FN5O4/c1-31(2,19-9-7-6-8-10-19)35-30(38)22-18-37(3)36-29(22)34-20-11-12-26(23(32)15-20)41-25-13-14-33-24-17-28(40-5)27(39-4)16-21(24)25/h6-18H,1-5H3,(H,34,36)(H,35,38). The molecule has 0 aliphatic carbocycles. The van der Waals surface area contributed by atoms with Crippen molar-refractivity contribution in [3.8, 4) is 23.0 Å². The number of pyridine rings is 1. The van der Waals surface area contributed by atoms with Gasteiger partial charge in [0.1, 0.15) is 11.3 Å². The number of nitrogens with zero attached hydrogens (tertiary/aromatic N) is 3. The Balaban J connectivity index is 1.36. The largest absolute Gasteiger partial charge is 0.493 e. The van der Waals surface area contributed by atoms with Gasteiger partial charge in [0, 0.05) is 42.6 Å². The lowest BCUT2D eigenvalue weighted by Gasteiger charge is -2.26. The number of aromatic nitrogens is 3. The maximum atomic E-state index is 15.2. The van der Waals surface area contributed by atoms with Crippen molar-refractivity contribution in [1.29, 1.82) is 0 Å². The molecule has 10 heteroatoms. The number of rotatable bonds is 9. The molecule has 0 radical (unpaired) electrons. The summed E-state index contributed by atoms with van der Waals surface area (Å²) >= 11 is 0. The minimum absolute atomic E-state index is 0.0152. The number of methoxy groups -OCH3 is 2. The first-order chi connectivity index (χ1) is 19.7. The molecule has 0 unspecified atom stereocenters. The molecule has 2 aromatic heterocycles. The number of hydrogen-bond acceptors (Lipinski definition) is 7. The van der Waals surface area contributed by atoms with E-state index in [9.17, 15) is 4.79 Å². The number of anilines is 2. The van der Waals surface area contributed by atoms with Crippen LogP contribution in [0.2, 0.25) is 0 Å². The van der Waals surface area contributed by atoms with Crippen LogP contribution >= 0.6 is 0 Å². The van der Waals surface area contributed by atoms with Crippen molar-refractivity contribution < 1.29 is 23.4 Å². The van der Waals surface area contributed by atoms with Crippen LogP contribution in [0.5, 0.6) is 23.0 Å². The summed E-state index contributed by atoms with van der Waals surface area (Å²) in [4.78, 5) is 17.6. The molecule has 0 atom stereocenters. The van der Waals surface area contributed by atoms with Crippen LogP contribution in [0.1, 0.15) is 29.8 Å². The van der Waals surface area contributed by atoms with Gasteiger partial charge in [-0.3, -0.25) is 14.5 Å². The second-order valence-corrected chi connectivity index (χ2v) is 9.92. The van der Waals surface area contributed by atoms with E-state index in [0.29, 0.717) is 45.2 Å². The van der Waals surface area contributed by atoms with Gasteiger partial charge in [0.05, 0.1) is 25.3 Å². The van der Waals surface area contributed by atoms with Crippen LogP contribution in [0.15, 0.2) is 79.1 Å². The Hall–Kier alpha value is -5.12. The van der Waals surface area contributed by atoms with Crippen LogP contribution in [0, 0.1) is 5.82 Å². The minimum Gasteiger partial charge on any atom is -0.493 e. The van der Waals surface area contributed by atoms with Gasteiger partial charge in [0.15, 0.2) is 28.9 Å². The van der Waals surface area contributed by atoms with Gasteiger partial charge in [0.25, 0.3) is 5.91 Å². The molecule has 0 fully saturated rings. The van der Waals surface area contributed by atoms with Crippen molar-refractivity contribution in [1.82, 2.24) is 20.1 Å². The predicted molar refractivity (Wildman–Crippen MR) is 155 cm³/mol. The maximum Gasteiger partial charge on any atom is 0.257 e. The third-order valence-electron chi connectivity index (χ3n) is 6.62. The number of hydrogen-bond donors (Lipinski definition) is 2. The first kappa shape index (κ1) is 27.4. The molecule has 41 heavy (non-hydrogen) atoms. The number of ether oxygens (including phenoxy) is 3. The Kier molecular flexibility index (Phi) is 7.47. The monoisotopic (exact) mass is 555 g/mol. The quantitative estimate of drug-likeness (QED) is 0.219. The predicted octanol–water partition coefficient (Wildman–Crippen LogP) is 6.33. The first-order valence-corrected chi connectivity index (χ1v) is 12.9. The topological polar surface area (TPSA) is 99.5 Å². The van der Waals surface area contributed by atoms with Gasteiger partial charge < -0.3 is 24.8 Å². The average Bonchev–Trinajstić information content (AvgIpc) is 3.34. The molecule has 2 heterocycles. The second-order valence-electron chi connectivity index (χ2n) is 9.92. The fourth-order valence-electron chi connectivity index (χ4n) is 4.48. The van der Waals surface area contributed by atoms with E-state index in [4.69, 9.17) is 14.2 Å². The van der Waals surface area contributed by atoms with Gasteiger partial charge in [0.2, 0.25) is 0 Å². The minimum atomic E-state index is -0.622. The van der Waals surface area contributed by atoms with Crippen molar-refractivity contribution in [3.05, 3.63) is 96.1 Å². The summed E-state index contributed by atoms with van der Waals surface area (Å²) in [6, 6.07) is 19.2. The zero-order valence-electron chi connectivity index (χ0n) is 23.4. The van der Waals surface area contributed by atoms with E-state index < -0.39 is 11.4 Å².